The Morgan fingerprint density at radius 1 is 0.321 bits per heavy atom. The van der Waals surface area contributed by atoms with Crippen LogP contribution in [0.1, 0.15) is 22.3 Å². The number of hydrogen-bond donors (Lipinski definition) is 0. The maximum absolute atomic E-state index is 5.09. The predicted molar refractivity (Wildman–Crippen MR) is 229 cm³/mol. The third-order valence-electron chi connectivity index (χ3n) is 10.7. The summed E-state index contributed by atoms with van der Waals surface area (Å²) in [6.45, 7) is 0. The molecule has 0 spiro atoms. The van der Waals surface area contributed by atoms with Gasteiger partial charge in [0.2, 0.25) is 0 Å². The Kier molecular flexibility index (Phi) is 8.66. The molecule has 3 nitrogen and oxygen atoms in total. The monoisotopic (exact) mass is 733 g/mol. The molecular formula is C52H35N3S. The van der Waals surface area contributed by atoms with Gasteiger partial charge >= 0.3 is 0 Å². The maximum Gasteiger partial charge on any atom is 0.164 e. The molecule has 1 aliphatic heterocycles. The Labute approximate surface area is 331 Å². The van der Waals surface area contributed by atoms with Crippen molar-refractivity contribution >= 4 is 11.8 Å². The van der Waals surface area contributed by atoms with Crippen molar-refractivity contribution in [2.45, 2.75) is 15.2 Å². The summed E-state index contributed by atoms with van der Waals surface area (Å²) in [5.41, 5.74) is 12.0. The Morgan fingerprint density at radius 2 is 0.768 bits per heavy atom. The molecule has 0 atom stereocenters. The highest BCUT2D eigenvalue weighted by atomic mass is 32.2. The zero-order chi connectivity index (χ0) is 37.3. The van der Waals surface area contributed by atoms with Crippen LogP contribution in [0.2, 0.25) is 0 Å². The second-order valence-corrected chi connectivity index (χ2v) is 15.0. The second kappa shape index (κ2) is 14.4. The molecule has 1 aliphatic rings. The summed E-state index contributed by atoms with van der Waals surface area (Å²) in [5, 5.41) is 0. The van der Waals surface area contributed by atoms with Crippen LogP contribution < -0.4 is 0 Å². The zero-order valence-corrected chi connectivity index (χ0v) is 31.3. The minimum atomic E-state index is -0.484. The molecule has 8 aromatic carbocycles. The van der Waals surface area contributed by atoms with Crippen LogP contribution in [0.15, 0.2) is 222 Å². The maximum atomic E-state index is 5.09. The van der Waals surface area contributed by atoms with E-state index >= 15 is 0 Å². The van der Waals surface area contributed by atoms with Crippen LogP contribution in [0.4, 0.5) is 0 Å². The highest BCUT2D eigenvalue weighted by Crippen LogP contribution is 2.57. The number of hydrogen-bond acceptors (Lipinski definition) is 4. The van der Waals surface area contributed by atoms with Crippen molar-refractivity contribution in [3.8, 4) is 56.4 Å². The van der Waals surface area contributed by atoms with E-state index in [2.05, 4.69) is 176 Å². The standard InChI is InChI=1S/C52H35N3S/c1-5-17-36(18-6-1)40-21-15-22-41(35-40)51-54-49(38-19-7-2-8-20-38)53-50(55-51)39-33-31-37(32-34-39)44-27-16-29-46-48(44)56-47-30-14-13-28-45(47)52(46,42-23-9-3-10-24-42)43-25-11-4-12-26-43/h1-35H. The average Bonchev–Trinajstić information content (AvgIpc) is 3.29. The summed E-state index contributed by atoms with van der Waals surface area (Å²) < 4.78 is 0. The molecule has 0 amide bonds. The van der Waals surface area contributed by atoms with E-state index in [1.165, 1.54) is 37.6 Å². The van der Waals surface area contributed by atoms with Gasteiger partial charge in [-0.25, -0.2) is 15.0 Å². The summed E-state index contributed by atoms with van der Waals surface area (Å²) in [6.07, 6.45) is 0. The average molecular weight is 734 g/mol. The van der Waals surface area contributed by atoms with E-state index in [9.17, 15) is 0 Å². The summed E-state index contributed by atoms with van der Waals surface area (Å²) in [6, 6.07) is 75.3. The lowest BCUT2D eigenvalue weighted by molar-refractivity contribution is 0.703. The molecule has 0 unspecified atom stereocenters. The molecule has 9 aromatic rings. The molecule has 56 heavy (non-hydrogen) atoms. The minimum absolute atomic E-state index is 0.484. The van der Waals surface area contributed by atoms with Gasteiger partial charge in [0, 0.05) is 26.5 Å². The molecule has 4 heteroatoms. The van der Waals surface area contributed by atoms with Crippen molar-refractivity contribution in [1.29, 1.82) is 0 Å². The third kappa shape index (κ3) is 5.92. The number of rotatable bonds is 7. The van der Waals surface area contributed by atoms with E-state index in [1.54, 1.807) is 0 Å². The molecule has 10 rings (SSSR count). The van der Waals surface area contributed by atoms with E-state index in [4.69, 9.17) is 15.0 Å². The molecule has 0 radical (unpaired) electrons. The first-order chi connectivity index (χ1) is 27.8. The van der Waals surface area contributed by atoms with Gasteiger partial charge in [0.15, 0.2) is 17.5 Å². The quantitative estimate of drug-likeness (QED) is 0.163. The SMILES string of the molecule is c1ccc(-c2cccc(-c3nc(-c4ccccc4)nc(-c4ccc(-c5cccc6c5Sc5ccccc5C6(c5ccccc5)c5ccccc5)cc4)n3)c2)cc1. The third-order valence-corrected chi connectivity index (χ3v) is 11.9. The van der Waals surface area contributed by atoms with Crippen LogP contribution in [-0.4, -0.2) is 15.0 Å². The van der Waals surface area contributed by atoms with E-state index < -0.39 is 5.41 Å². The molecule has 0 fully saturated rings. The van der Waals surface area contributed by atoms with Crippen molar-refractivity contribution < 1.29 is 0 Å². The van der Waals surface area contributed by atoms with Gasteiger partial charge in [-0.05, 0) is 56.6 Å². The molecule has 2 heterocycles. The Bertz CT molecular complexity index is 2770. The molecule has 0 N–H and O–H groups in total. The number of nitrogens with zero attached hydrogens (tertiary/aromatic N) is 3. The van der Waals surface area contributed by atoms with Crippen LogP contribution in [-0.2, 0) is 5.41 Å². The van der Waals surface area contributed by atoms with Crippen LogP contribution in [0, 0.1) is 0 Å². The van der Waals surface area contributed by atoms with Crippen molar-refractivity contribution in [3.05, 3.63) is 235 Å². The number of fused-ring (bicyclic) bond motifs is 2. The largest absolute Gasteiger partial charge is 0.208 e. The topological polar surface area (TPSA) is 38.7 Å². The van der Waals surface area contributed by atoms with Gasteiger partial charge in [0.1, 0.15) is 0 Å². The van der Waals surface area contributed by atoms with Gasteiger partial charge in [0.25, 0.3) is 0 Å². The lowest BCUT2D eigenvalue weighted by Gasteiger charge is -2.42. The van der Waals surface area contributed by atoms with E-state index in [1.807, 2.05) is 48.2 Å². The van der Waals surface area contributed by atoms with Gasteiger partial charge in [-0.3, -0.25) is 0 Å². The molecule has 0 aliphatic carbocycles. The minimum Gasteiger partial charge on any atom is -0.208 e. The van der Waals surface area contributed by atoms with Gasteiger partial charge in [0.05, 0.1) is 5.41 Å². The predicted octanol–water partition coefficient (Wildman–Crippen LogP) is 13.1. The summed E-state index contributed by atoms with van der Waals surface area (Å²) in [4.78, 5) is 17.7. The van der Waals surface area contributed by atoms with Crippen molar-refractivity contribution in [2.75, 3.05) is 0 Å². The molecular weight excluding hydrogens is 699 g/mol. The Hall–Kier alpha value is -6.88. The van der Waals surface area contributed by atoms with E-state index in [0.29, 0.717) is 17.5 Å². The summed E-state index contributed by atoms with van der Waals surface area (Å²) in [5.74, 6) is 1.92. The first-order valence-corrected chi connectivity index (χ1v) is 19.7. The lowest BCUT2D eigenvalue weighted by Crippen LogP contribution is -2.34. The fourth-order valence-electron chi connectivity index (χ4n) is 8.07. The first-order valence-electron chi connectivity index (χ1n) is 18.9. The highest BCUT2D eigenvalue weighted by Gasteiger charge is 2.44. The van der Waals surface area contributed by atoms with Crippen LogP contribution >= 0.6 is 11.8 Å². The van der Waals surface area contributed by atoms with Gasteiger partial charge < -0.3 is 0 Å². The van der Waals surface area contributed by atoms with Crippen LogP contribution in [0.25, 0.3) is 56.4 Å². The van der Waals surface area contributed by atoms with Gasteiger partial charge in [-0.2, -0.15) is 0 Å². The molecule has 0 saturated heterocycles. The molecule has 264 valence electrons. The van der Waals surface area contributed by atoms with Crippen molar-refractivity contribution in [2.24, 2.45) is 0 Å². The zero-order valence-electron chi connectivity index (χ0n) is 30.5. The Morgan fingerprint density at radius 3 is 1.41 bits per heavy atom. The number of aromatic nitrogens is 3. The fourth-order valence-corrected chi connectivity index (χ4v) is 9.40. The van der Waals surface area contributed by atoms with E-state index in [0.717, 1.165) is 33.4 Å². The van der Waals surface area contributed by atoms with Crippen LogP contribution in [0.5, 0.6) is 0 Å². The number of benzene rings is 8. The van der Waals surface area contributed by atoms with Crippen molar-refractivity contribution in [3.63, 3.8) is 0 Å². The van der Waals surface area contributed by atoms with E-state index in [-0.39, 0.29) is 0 Å². The normalized spacial score (nSPS) is 12.7. The molecule has 0 saturated carbocycles. The van der Waals surface area contributed by atoms with Gasteiger partial charge in [-0.1, -0.05) is 212 Å². The fraction of sp³-hybridized carbons (Fsp3) is 0.0192. The van der Waals surface area contributed by atoms with Crippen molar-refractivity contribution in [1.82, 2.24) is 15.0 Å². The summed E-state index contributed by atoms with van der Waals surface area (Å²) >= 11 is 1.86. The smallest absolute Gasteiger partial charge is 0.164 e. The Balaban J connectivity index is 1.10. The second-order valence-electron chi connectivity index (χ2n) is 14.0. The van der Waals surface area contributed by atoms with Crippen LogP contribution in [0.3, 0.4) is 0 Å². The summed E-state index contributed by atoms with van der Waals surface area (Å²) in [7, 11) is 0. The highest BCUT2D eigenvalue weighted by molar-refractivity contribution is 7.99. The van der Waals surface area contributed by atoms with Gasteiger partial charge in [-0.15, -0.1) is 0 Å². The first kappa shape index (κ1) is 33.7. The molecule has 1 aromatic heterocycles. The lowest BCUT2D eigenvalue weighted by atomic mass is 9.64. The molecule has 0 bridgehead atoms.